The van der Waals surface area contributed by atoms with E-state index < -0.39 is 14.4 Å². The minimum absolute atomic E-state index is 0.248. The summed E-state index contributed by atoms with van der Waals surface area (Å²) >= 11 is 0. The van der Waals surface area contributed by atoms with E-state index in [-0.39, 0.29) is 12.6 Å². The second kappa shape index (κ2) is 5.19. The highest BCUT2D eigenvalue weighted by Gasteiger charge is 2.23. The Bertz CT molecular complexity index is 184. The van der Waals surface area contributed by atoms with Gasteiger partial charge in [0.05, 0.1) is 0 Å². The number of esters is 1. The van der Waals surface area contributed by atoms with Crippen molar-refractivity contribution in [3.8, 4) is 0 Å². The Balaban J connectivity index is 3.89. The number of carbonyl (C=O) groups excluding carboxylic acids is 1. The van der Waals surface area contributed by atoms with E-state index >= 15 is 0 Å². The molecule has 0 fully saturated rings. The maximum atomic E-state index is 11.2. The number of hydrogen-bond acceptors (Lipinski definition) is 3. The van der Waals surface area contributed by atoms with Crippen molar-refractivity contribution < 1.29 is 14.0 Å². The molecule has 0 saturated carbocycles. The second-order valence-corrected chi connectivity index (χ2v) is 8.25. The quantitative estimate of drug-likeness (QED) is 0.388. The summed E-state index contributed by atoms with van der Waals surface area (Å²) in [5, 5.41) is 0. The molecule has 76 valence electrons. The van der Waals surface area contributed by atoms with Crippen molar-refractivity contribution in [2.45, 2.75) is 32.7 Å². The molecule has 0 aliphatic rings. The molecule has 1 unspecified atom stereocenters. The third-order valence-electron chi connectivity index (χ3n) is 1.21. The van der Waals surface area contributed by atoms with Gasteiger partial charge in [-0.05, 0) is 26.6 Å². The van der Waals surface area contributed by atoms with Crippen LogP contribution in [-0.4, -0.2) is 27.0 Å². The van der Waals surface area contributed by atoms with Gasteiger partial charge in [-0.25, -0.2) is 4.79 Å². The first kappa shape index (κ1) is 12.4. The Hall–Kier alpha value is -0.613. The Morgan fingerprint density at radius 1 is 1.54 bits per heavy atom. The lowest BCUT2D eigenvalue weighted by molar-refractivity contribution is -0.150. The first-order valence-electron chi connectivity index (χ1n) is 4.32. The lowest BCUT2D eigenvalue weighted by Gasteiger charge is -2.21. The summed E-state index contributed by atoms with van der Waals surface area (Å²) in [6.45, 7) is 11.5. The van der Waals surface area contributed by atoms with Crippen LogP contribution in [0, 0.1) is 0 Å². The van der Waals surface area contributed by atoms with E-state index in [4.69, 9.17) is 9.16 Å². The predicted molar refractivity (Wildman–Crippen MR) is 55.0 cm³/mol. The molecular formula is C9H18O3Si. The highest BCUT2D eigenvalue weighted by molar-refractivity contribution is 6.69. The van der Waals surface area contributed by atoms with Crippen molar-refractivity contribution in [3.63, 3.8) is 0 Å². The number of rotatable bonds is 5. The molecule has 3 nitrogen and oxygen atoms in total. The fourth-order valence-electron chi connectivity index (χ4n) is 0.837. The molecular weight excluding hydrogens is 184 g/mol. The van der Waals surface area contributed by atoms with E-state index in [2.05, 4.69) is 6.58 Å². The summed E-state index contributed by atoms with van der Waals surface area (Å²) in [6, 6.07) is 0. The SMILES string of the molecule is C=CCOC(=O)C(C)O[Si](C)(C)C. The Morgan fingerprint density at radius 3 is 2.46 bits per heavy atom. The van der Waals surface area contributed by atoms with Crippen LogP contribution in [0.2, 0.25) is 19.6 Å². The van der Waals surface area contributed by atoms with Crippen molar-refractivity contribution in [3.05, 3.63) is 12.7 Å². The summed E-state index contributed by atoms with van der Waals surface area (Å²) in [7, 11) is -1.65. The van der Waals surface area contributed by atoms with E-state index in [9.17, 15) is 4.79 Å². The number of ether oxygens (including phenoxy) is 1. The first-order chi connectivity index (χ1) is 5.87. The van der Waals surface area contributed by atoms with E-state index in [1.165, 1.54) is 0 Å². The Kier molecular flexibility index (Phi) is 4.94. The summed E-state index contributed by atoms with van der Waals surface area (Å²) in [4.78, 5) is 11.2. The minimum Gasteiger partial charge on any atom is -0.460 e. The molecule has 0 aliphatic carbocycles. The van der Waals surface area contributed by atoms with Crippen molar-refractivity contribution in [2.24, 2.45) is 0 Å². The third-order valence-corrected chi connectivity index (χ3v) is 2.27. The molecule has 0 rings (SSSR count). The molecule has 1 atom stereocenters. The van der Waals surface area contributed by atoms with Gasteiger partial charge in [-0.3, -0.25) is 0 Å². The summed E-state index contributed by atoms with van der Waals surface area (Å²) in [6.07, 6.45) is 1.07. The van der Waals surface area contributed by atoms with Crippen LogP contribution in [0.1, 0.15) is 6.92 Å². The lowest BCUT2D eigenvalue weighted by Crippen LogP contribution is -2.35. The molecule has 0 aliphatic heterocycles. The molecule has 0 aromatic heterocycles. The molecule has 13 heavy (non-hydrogen) atoms. The average Bonchev–Trinajstić information content (AvgIpc) is 1.96. The van der Waals surface area contributed by atoms with Crippen molar-refractivity contribution in [1.29, 1.82) is 0 Å². The summed E-state index contributed by atoms with van der Waals surface area (Å²) in [5.41, 5.74) is 0. The van der Waals surface area contributed by atoms with Crippen LogP contribution in [0.4, 0.5) is 0 Å². The van der Waals surface area contributed by atoms with E-state index in [0.717, 1.165) is 0 Å². The summed E-state index contributed by atoms with van der Waals surface area (Å²) in [5.74, 6) is -0.317. The van der Waals surface area contributed by atoms with Gasteiger partial charge in [0.2, 0.25) is 0 Å². The maximum absolute atomic E-state index is 11.2. The van der Waals surface area contributed by atoms with Crippen LogP contribution in [0.15, 0.2) is 12.7 Å². The highest BCUT2D eigenvalue weighted by atomic mass is 28.4. The fraction of sp³-hybridized carbons (Fsp3) is 0.667. The normalized spacial score (nSPS) is 13.5. The fourth-order valence-corrected chi connectivity index (χ4v) is 1.99. The standard InChI is InChI=1S/C9H18O3Si/c1-6-7-11-9(10)8(2)12-13(3,4)5/h6,8H,1,7H2,2-5H3. The number of carbonyl (C=O) groups is 1. The van der Waals surface area contributed by atoms with E-state index in [1.54, 1.807) is 13.0 Å². The van der Waals surface area contributed by atoms with E-state index in [1.807, 2.05) is 19.6 Å². The molecule has 0 spiro atoms. The zero-order chi connectivity index (χ0) is 10.5. The maximum Gasteiger partial charge on any atom is 0.334 e. The van der Waals surface area contributed by atoms with Crippen LogP contribution in [-0.2, 0) is 14.0 Å². The smallest absolute Gasteiger partial charge is 0.334 e. The van der Waals surface area contributed by atoms with Gasteiger partial charge >= 0.3 is 5.97 Å². The topological polar surface area (TPSA) is 35.5 Å². The van der Waals surface area contributed by atoms with Crippen molar-refractivity contribution in [2.75, 3.05) is 6.61 Å². The van der Waals surface area contributed by atoms with Gasteiger partial charge in [0.1, 0.15) is 12.7 Å². The van der Waals surface area contributed by atoms with Gasteiger partial charge < -0.3 is 9.16 Å². The molecule has 0 aromatic rings. The number of hydrogen-bond donors (Lipinski definition) is 0. The molecule has 0 amide bonds. The Morgan fingerprint density at radius 2 is 2.08 bits per heavy atom. The van der Waals surface area contributed by atoms with Gasteiger partial charge in [0.15, 0.2) is 8.32 Å². The zero-order valence-electron chi connectivity index (χ0n) is 8.79. The van der Waals surface area contributed by atoms with Gasteiger partial charge in [0.25, 0.3) is 0 Å². The lowest BCUT2D eigenvalue weighted by atomic mass is 10.4. The van der Waals surface area contributed by atoms with Crippen LogP contribution in [0.5, 0.6) is 0 Å². The monoisotopic (exact) mass is 202 g/mol. The van der Waals surface area contributed by atoms with Gasteiger partial charge in [-0.15, -0.1) is 0 Å². The average molecular weight is 202 g/mol. The largest absolute Gasteiger partial charge is 0.460 e. The molecule has 4 heteroatoms. The van der Waals surface area contributed by atoms with Crippen molar-refractivity contribution in [1.82, 2.24) is 0 Å². The molecule has 0 aromatic carbocycles. The molecule has 0 N–H and O–H groups in total. The van der Waals surface area contributed by atoms with Crippen LogP contribution in [0.25, 0.3) is 0 Å². The zero-order valence-corrected chi connectivity index (χ0v) is 9.79. The highest BCUT2D eigenvalue weighted by Crippen LogP contribution is 2.07. The van der Waals surface area contributed by atoms with Gasteiger partial charge in [-0.1, -0.05) is 12.7 Å². The molecule has 0 heterocycles. The minimum atomic E-state index is -1.65. The van der Waals surface area contributed by atoms with Crippen LogP contribution >= 0.6 is 0 Å². The third kappa shape index (κ3) is 6.54. The predicted octanol–water partition coefficient (Wildman–Crippen LogP) is 1.96. The van der Waals surface area contributed by atoms with E-state index in [0.29, 0.717) is 0 Å². The molecule has 0 bridgehead atoms. The van der Waals surface area contributed by atoms with Gasteiger partial charge in [-0.2, -0.15) is 0 Å². The first-order valence-corrected chi connectivity index (χ1v) is 7.73. The van der Waals surface area contributed by atoms with Gasteiger partial charge in [0, 0.05) is 0 Å². The molecule has 0 radical (unpaired) electrons. The van der Waals surface area contributed by atoms with Crippen molar-refractivity contribution >= 4 is 14.3 Å². The Labute approximate surface area is 80.9 Å². The van der Waals surface area contributed by atoms with Crippen LogP contribution < -0.4 is 0 Å². The summed E-state index contributed by atoms with van der Waals surface area (Å²) < 4.78 is 10.4. The van der Waals surface area contributed by atoms with Crippen LogP contribution in [0.3, 0.4) is 0 Å². The second-order valence-electron chi connectivity index (χ2n) is 3.79. The molecule has 0 saturated heterocycles.